The van der Waals surface area contributed by atoms with Crippen molar-refractivity contribution in [3.8, 4) is 0 Å². The third-order valence-electron chi connectivity index (χ3n) is 1.95. The van der Waals surface area contributed by atoms with Crippen LogP contribution in [-0.4, -0.2) is 19.4 Å². The van der Waals surface area contributed by atoms with Gasteiger partial charge in [0.05, 0.1) is 6.61 Å². The van der Waals surface area contributed by atoms with E-state index in [1.165, 1.54) is 5.56 Å². The molecule has 0 aromatic heterocycles. The van der Waals surface area contributed by atoms with E-state index in [0.29, 0.717) is 6.61 Å². The van der Waals surface area contributed by atoms with Gasteiger partial charge in [0.2, 0.25) is 0 Å². The Bertz CT molecular complexity index is 352. The Balaban J connectivity index is 2.32. The van der Waals surface area contributed by atoms with Gasteiger partial charge in [0.25, 0.3) is 0 Å². The second-order valence-electron chi connectivity index (χ2n) is 3.31. The van der Waals surface area contributed by atoms with Crippen molar-refractivity contribution in [2.45, 2.75) is 13.8 Å². The van der Waals surface area contributed by atoms with Crippen LogP contribution in [0, 0.1) is 6.92 Å². The summed E-state index contributed by atoms with van der Waals surface area (Å²) in [5.41, 5.74) is 2.30. The van der Waals surface area contributed by atoms with E-state index in [2.05, 4.69) is 4.74 Å². The Morgan fingerprint density at radius 2 is 1.94 bits per heavy atom. The molecule has 0 bridgehead atoms. The van der Waals surface area contributed by atoms with Gasteiger partial charge >= 0.3 is 6.16 Å². The number of carbonyl (C=O) groups excluding carboxylic acids is 1. The molecule has 0 amide bonds. The van der Waals surface area contributed by atoms with E-state index in [-0.39, 0.29) is 6.61 Å². The van der Waals surface area contributed by atoms with Crippen LogP contribution < -0.4 is 0 Å². The zero-order valence-electron chi connectivity index (χ0n) is 9.60. The van der Waals surface area contributed by atoms with Crippen molar-refractivity contribution < 1.29 is 14.3 Å². The van der Waals surface area contributed by atoms with E-state index in [9.17, 15) is 4.79 Å². The van der Waals surface area contributed by atoms with Gasteiger partial charge in [-0.3, -0.25) is 0 Å². The molecule has 1 aromatic carbocycles. The minimum absolute atomic E-state index is 0.229. The summed E-state index contributed by atoms with van der Waals surface area (Å²) >= 11 is 0. The summed E-state index contributed by atoms with van der Waals surface area (Å²) in [5.74, 6) is 0. The summed E-state index contributed by atoms with van der Waals surface area (Å²) < 4.78 is 9.39. The van der Waals surface area contributed by atoms with E-state index in [1.807, 2.05) is 37.3 Å². The molecule has 0 radical (unpaired) electrons. The van der Waals surface area contributed by atoms with Crippen LogP contribution in [0.15, 0.2) is 30.3 Å². The van der Waals surface area contributed by atoms with Crippen LogP contribution in [0.1, 0.15) is 18.1 Å². The molecule has 0 aliphatic carbocycles. The van der Waals surface area contributed by atoms with Crippen LogP contribution in [0.2, 0.25) is 0 Å². The highest BCUT2D eigenvalue weighted by Crippen LogP contribution is 2.04. The quantitative estimate of drug-likeness (QED) is 0.731. The van der Waals surface area contributed by atoms with Gasteiger partial charge in [-0.15, -0.1) is 0 Å². The smallest absolute Gasteiger partial charge is 0.435 e. The van der Waals surface area contributed by atoms with Crippen molar-refractivity contribution in [1.82, 2.24) is 0 Å². The molecule has 16 heavy (non-hydrogen) atoms. The van der Waals surface area contributed by atoms with E-state index in [0.717, 1.165) is 5.56 Å². The fraction of sp³-hybridized carbons (Fsp3) is 0.308. The van der Waals surface area contributed by atoms with E-state index in [4.69, 9.17) is 4.74 Å². The van der Waals surface area contributed by atoms with Gasteiger partial charge in [-0.1, -0.05) is 35.9 Å². The van der Waals surface area contributed by atoms with Crippen molar-refractivity contribution >= 4 is 12.2 Å². The average molecular weight is 220 g/mol. The summed E-state index contributed by atoms with van der Waals surface area (Å²) in [5, 5.41) is 0. The summed E-state index contributed by atoms with van der Waals surface area (Å²) in [6, 6.07) is 8.09. The lowest BCUT2D eigenvalue weighted by Gasteiger charge is -2.00. The third kappa shape index (κ3) is 4.64. The molecule has 3 heteroatoms. The van der Waals surface area contributed by atoms with Crippen LogP contribution in [-0.2, 0) is 9.47 Å². The van der Waals surface area contributed by atoms with Crippen LogP contribution in [0.4, 0.5) is 4.79 Å². The first-order valence-corrected chi connectivity index (χ1v) is 5.25. The van der Waals surface area contributed by atoms with Crippen LogP contribution in [0.25, 0.3) is 6.08 Å². The highest BCUT2D eigenvalue weighted by atomic mass is 16.7. The van der Waals surface area contributed by atoms with Crippen molar-refractivity contribution in [1.29, 1.82) is 0 Å². The normalized spacial score (nSPS) is 10.4. The first-order chi connectivity index (χ1) is 7.72. The molecule has 0 fully saturated rings. The Hall–Kier alpha value is -1.77. The van der Waals surface area contributed by atoms with Crippen molar-refractivity contribution in [2.75, 3.05) is 13.2 Å². The average Bonchev–Trinajstić information content (AvgIpc) is 2.27. The number of rotatable bonds is 4. The van der Waals surface area contributed by atoms with Gasteiger partial charge in [-0.2, -0.15) is 0 Å². The highest BCUT2D eigenvalue weighted by Gasteiger charge is 1.98. The van der Waals surface area contributed by atoms with Gasteiger partial charge in [0.1, 0.15) is 6.61 Å². The molecule has 0 atom stereocenters. The fourth-order valence-electron chi connectivity index (χ4n) is 1.14. The van der Waals surface area contributed by atoms with Gasteiger partial charge in [0.15, 0.2) is 0 Å². The second-order valence-corrected chi connectivity index (χ2v) is 3.31. The van der Waals surface area contributed by atoms with Crippen LogP contribution >= 0.6 is 0 Å². The number of carbonyl (C=O) groups is 1. The van der Waals surface area contributed by atoms with Crippen LogP contribution in [0.3, 0.4) is 0 Å². The Kier molecular flexibility index (Phi) is 5.12. The first-order valence-electron chi connectivity index (χ1n) is 5.25. The Labute approximate surface area is 95.7 Å². The predicted octanol–water partition coefficient (Wildman–Crippen LogP) is 3.18. The number of benzene rings is 1. The molecule has 1 aromatic rings. The molecule has 0 heterocycles. The van der Waals surface area contributed by atoms with Crippen molar-refractivity contribution in [3.05, 3.63) is 41.5 Å². The van der Waals surface area contributed by atoms with Gasteiger partial charge in [-0.05, 0) is 25.5 Å². The van der Waals surface area contributed by atoms with E-state index in [1.54, 1.807) is 13.0 Å². The van der Waals surface area contributed by atoms with Crippen molar-refractivity contribution in [3.63, 3.8) is 0 Å². The second kappa shape index (κ2) is 6.67. The molecule has 0 saturated carbocycles. The highest BCUT2D eigenvalue weighted by molar-refractivity contribution is 5.60. The SMILES string of the molecule is CCOC(=O)OC/C=C/c1ccc(C)cc1. The van der Waals surface area contributed by atoms with Crippen LogP contribution in [0.5, 0.6) is 0 Å². The summed E-state index contributed by atoms with van der Waals surface area (Å²) in [7, 11) is 0. The maximum absolute atomic E-state index is 10.8. The molecule has 3 nitrogen and oxygen atoms in total. The molecule has 0 saturated heterocycles. The largest absolute Gasteiger partial charge is 0.508 e. The molecule has 86 valence electrons. The molecule has 1 rings (SSSR count). The number of hydrogen-bond donors (Lipinski definition) is 0. The van der Waals surface area contributed by atoms with Gasteiger partial charge < -0.3 is 9.47 Å². The predicted molar refractivity (Wildman–Crippen MR) is 63.2 cm³/mol. The Morgan fingerprint density at radius 3 is 2.56 bits per heavy atom. The van der Waals surface area contributed by atoms with Crippen molar-refractivity contribution in [2.24, 2.45) is 0 Å². The molecular weight excluding hydrogens is 204 g/mol. The first kappa shape index (κ1) is 12.3. The summed E-state index contributed by atoms with van der Waals surface area (Å²) in [4.78, 5) is 10.8. The van der Waals surface area contributed by atoms with Gasteiger partial charge in [0, 0.05) is 0 Å². The van der Waals surface area contributed by atoms with Gasteiger partial charge in [-0.25, -0.2) is 4.79 Å². The number of ether oxygens (including phenoxy) is 2. The summed E-state index contributed by atoms with van der Waals surface area (Å²) in [6.07, 6.45) is 3.05. The monoisotopic (exact) mass is 220 g/mol. The standard InChI is InChI=1S/C13H16O3/c1-3-15-13(14)16-10-4-5-12-8-6-11(2)7-9-12/h4-9H,3,10H2,1-2H3/b5-4+. The lowest BCUT2D eigenvalue weighted by molar-refractivity contribution is 0.0674. The lowest BCUT2D eigenvalue weighted by Crippen LogP contribution is -2.06. The molecule has 0 unspecified atom stereocenters. The number of hydrogen-bond acceptors (Lipinski definition) is 3. The third-order valence-corrected chi connectivity index (χ3v) is 1.95. The van der Waals surface area contributed by atoms with E-state index >= 15 is 0 Å². The minimum Gasteiger partial charge on any atom is -0.435 e. The molecule has 0 aliphatic heterocycles. The fourth-order valence-corrected chi connectivity index (χ4v) is 1.14. The maximum atomic E-state index is 10.8. The minimum atomic E-state index is -0.629. The zero-order chi connectivity index (χ0) is 11.8. The van der Waals surface area contributed by atoms with E-state index < -0.39 is 6.16 Å². The maximum Gasteiger partial charge on any atom is 0.508 e. The Morgan fingerprint density at radius 1 is 1.25 bits per heavy atom. The molecule has 0 spiro atoms. The molecular formula is C13H16O3. The topological polar surface area (TPSA) is 35.5 Å². The number of aryl methyl sites for hydroxylation is 1. The molecule has 0 aliphatic rings. The lowest BCUT2D eigenvalue weighted by atomic mass is 10.1. The molecule has 0 N–H and O–H groups in total. The summed E-state index contributed by atoms with van der Waals surface area (Å²) in [6.45, 7) is 4.34. The zero-order valence-corrected chi connectivity index (χ0v) is 9.60.